The minimum Gasteiger partial charge on any atom is -0.349 e. The van der Waals surface area contributed by atoms with E-state index in [4.69, 9.17) is 4.99 Å². The van der Waals surface area contributed by atoms with E-state index in [1.807, 2.05) is 0 Å². The summed E-state index contributed by atoms with van der Waals surface area (Å²) in [6.07, 6.45) is 2.45. The molecule has 16 heavy (non-hydrogen) atoms. The first-order valence-corrected chi connectivity index (χ1v) is 6.41. The molecule has 0 N–H and O–H groups in total. The van der Waals surface area contributed by atoms with Gasteiger partial charge < -0.3 is 9.80 Å². The third kappa shape index (κ3) is 5.38. The van der Waals surface area contributed by atoms with Gasteiger partial charge in [-0.15, -0.1) is 0 Å². The van der Waals surface area contributed by atoms with Crippen molar-refractivity contribution < 1.29 is 0 Å². The molecular weight excluding hydrogens is 198 g/mol. The fraction of sp³-hybridized carbons (Fsp3) is 0.923. The van der Waals surface area contributed by atoms with Crippen LogP contribution in [0.1, 0.15) is 47.5 Å². The van der Waals surface area contributed by atoms with Gasteiger partial charge in [0.1, 0.15) is 0 Å². The Morgan fingerprint density at radius 3 is 2.00 bits per heavy atom. The minimum absolute atomic E-state index is 0.347. The van der Waals surface area contributed by atoms with Gasteiger partial charge in [-0.1, -0.05) is 13.3 Å². The maximum absolute atomic E-state index is 4.72. The minimum atomic E-state index is 0.347. The second-order valence-corrected chi connectivity index (χ2v) is 5.06. The second-order valence-electron chi connectivity index (χ2n) is 5.06. The molecule has 0 bridgehead atoms. The molecule has 0 heterocycles. The Morgan fingerprint density at radius 1 is 1.12 bits per heavy atom. The Hall–Kier alpha value is -0.730. The van der Waals surface area contributed by atoms with Crippen molar-refractivity contribution >= 4 is 5.96 Å². The highest BCUT2D eigenvalue weighted by Gasteiger charge is 2.16. The average molecular weight is 227 g/mol. The predicted molar refractivity (Wildman–Crippen MR) is 73.0 cm³/mol. The molecule has 0 unspecified atom stereocenters. The summed E-state index contributed by atoms with van der Waals surface area (Å²) < 4.78 is 0. The molecule has 96 valence electrons. The lowest BCUT2D eigenvalue weighted by Crippen LogP contribution is -2.45. The number of nitrogens with zero attached hydrogens (tertiary/aromatic N) is 3. The first-order chi connectivity index (χ1) is 7.40. The van der Waals surface area contributed by atoms with Crippen molar-refractivity contribution in [1.29, 1.82) is 0 Å². The summed E-state index contributed by atoms with van der Waals surface area (Å²) in [5, 5.41) is 0. The molecular formula is C13H29N3. The molecule has 0 fully saturated rings. The van der Waals surface area contributed by atoms with E-state index in [1.165, 1.54) is 12.8 Å². The van der Waals surface area contributed by atoms with Crippen molar-refractivity contribution in [1.82, 2.24) is 9.80 Å². The zero-order chi connectivity index (χ0) is 12.7. The quantitative estimate of drug-likeness (QED) is 0.531. The summed E-state index contributed by atoms with van der Waals surface area (Å²) in [5.41, 5.74) is 0. The first kappa shape index (κ1) is 15.3. The van der Waals surface area contributed by atoms with Crippen molar-refractivity contribution in [3.8, 4) is 0 Å². The van der Waals surface area contributed by atoms with Gasteiger partial charge in [-0.25, -0.2) is 0 Å². The van der Waals surface area contributed by atoms with E-state index in [0.717, 1.165) is 12.5 Å². The molecule has 0 aliphatic rings. The van der Waals surface area contributed by atoms with Crippen molar-refractivity contribution in [3.05, 3.63) is 0 Å². The van der Waals surface area contributed by atoms with Crippen LogP contribution < -0.4 is 0 Å². The monoisotopic (exact) mass is 227 g/mol. The zero-order valence-corrected chi connectivity index (χ0v) is 12.1. The number of guanidine groups is 1. The van der Waals surface area contributed by atoms with Gasteiger partial charge in [0.05, 0.1) is 0 Å². The molecule has 0 amide bonds. The van der Waals surface area contributed by atoms with Crippen molar-refractivity contribution in [2.24, 2.45) is 4.99 Å². The molecule has 0 aliphatic heterocycles. The molecule has 0 saturated carbocycles. The van der Waals surface area contributed by atoms with Gasteiger partial charge in [0.25, 0.3) is 0 Å². The van der Waals surface area contributed by atoms with E-state index in [-0.39, 0.29) is 0 Å². The Kier molecular flexibility index (Phi) is 7.18. The normalized spacial score (nSPS) is 12.4. The lowest BCUT2D eigenvalue weighted by Gasteiger charge is -2.34. The van der Waals surface area contributed by atoms with Crippen LogP contribution in [-0.2, 0) is 0 Å². The summed E-state index contributed by atoms with van der Waals surface area (Å²) in [6, 6.07) is 0.853. The predicted octanol–water partition coefficient (Wildman–Crippen LogP) is 2.82. The Morgan fingerprint density at radius 2 is 1.69 bits per heavy atom. The van der Waals surface area contributed by atoms with E-state index in [1.54, 1.807) is 0 Å². The Bertz CT molecular complexity index is 207. The van der Waals surface area contributed by atoms with Crippen molar-refractivity contribution in [2.45, 2.75) is 59.5 Å². The molecule has 0 aromatic carbocycles. The van der Waals surface area contributed by atoms with Gasteiger partial charge in [-0.2, -0.15) is 0 Å². The van der Waals surface area contributed by atoms with Crippen LogP contribution in [0.2, 0.25) is 0 Å². The van der Waals surface area contributed by atoms with Gasteiger partial charge in [-0.05, 0) is 34.1 Å². The second kappa shape index (κ2) is 7.53. The smallest absolute Gasteiger partial charge is 0.196 e. The molecule has 0 spiro atoms. The highest BCUT2D eigenvalue weighted by atomic mass is 15.4. The summed E-state index contributed by atoms with van der Waals surface area (Å²) in [4.78, 5) is 9.23. The molecule has 0 aromatic heterocycles. The molecule has 0 atom stereocenters. The van der Waals surface area contributed by atoms with E-state index in [9.17, 15) is 0 Å². The molecule has 0 aromatic rings. The van der Waals surface area contributed by atoms with E-state index in [2.05, 4.69) is 58.5 Å². The number of hydrogen-bond donors (Lipinski definition) is 0. The van der Waals surface area contributed by atoms with Crippen LogP contribution in [0.3, 0.4) is 0 Å². The molecule has 0 rings (SSSR count). The largest absolute Gasteiger partial charge is 0.349 e. The fourth-order valence-electron chi connectivity index (χ4n) is 1.60. The van der Waals surface area contributed by atoms with Crippen LogP contribution in [0.4, 0.5) is 0 Å². The molecule has 0 saturated heterocycles. The highest BCUT2D eigenvalue weighted by Crippen LogP contribution is 2.06. The number of aliphatic imine (C=N–C) groups is 1. The highest BCUT2D eigenvalue weighted by molar-refractivity contribution is 5.80. The maximum Gasteiger partial charge on any atom is 0.196 e. The van der Waals surface area contributed by atoms with E-state index < -0.39 is 0 Å². The summed E-state index contributed by atoms with van der Waals surface area (Å²) in [7, 11) is 4.14. The third-order valence-electron chi connectivity index (χ3n) is 2.41. The average Bonchev–Trinajstić information content (AvgIpc) is 2.15. The van der Waals surface area contributed by atoms with Gasteiger partial charge in [0.2, 0.25) is 0 Å². The van der Waals surface area contributed by atoms with Crippen LogP contribution in [-0.4, -0.2) is 48.5 Å². The van der Waals surface area contributed by atoms with Crippen LogP contribution in [0.15, 0.2) is 4.99 Å². The van der Waals surface area contributed by atoms with Gasteiger partial charge in [0, 0.05) is 32.7 Å². The summed E-state index contributed by atoms with van der Waals surface area (Å²) in [5.74, 6) is 1.11. The lowest BCUT2D eigenvalue weighted by molar-refractivity contribution is 0.303. The molecule has 3 nitrogen and oxygen atoms in total. The van der Waals surface area contributed by atoms with Crippen LogP contribution >= 0.6 is 0 Å². The SMILES string of the molecule is CCCCN(C(=NC(C)C)N(C)C)C(C)C. The number of unbranched alkanes of at least 4 members (excludes halogenated alkanes) is 1. The fourth-order valence-corrected chi connectivity index (χ4v) is 1.60. The topological polar surface area (TPSA) is 18.8 Å². The van der Waals surface area contributed by atoms with Gasteiger partial charge in [-0.3, -0.25) is 4.99 Å². The van der Waals surface area contributed by atoms with E-state index >= 15 is 0 Å². The number of hydrogen-bond acceptors (Lipinski definition) is 1. The van der Waals surface area contributed by atoms with E-state index in [0.29, 0.717) is 12.1 Å². The zero-order valence-electron chi connectivity index (χ0n) is 12.1. The standard InChI is InChI=1S/C13H29N3/c1-8-9-10-16(12(4)5)13(15(6)7)14-11(2)3/h11-12H,8-10H2,1-7H3. The molecule has 0 radical (unpaired) electrons. The summed E-state index contributed by atoms with van der Waals surface area (Å²) >= 11 is 0. The Labute approximate surface area is 102 Å². The van der Waals surface area contributed by atoms with Gasteiger partial charge >= 0.3 is 0 Å². The molecule has 0 aliphatic carbocycles. The van der Waals surface area contributed by atoms with Crippen LogP contribution in [0.25, 0.3) is 0 Å². The van der Waals surface area contributed by atoms with Crippen molar-refractivity contribution in [2.75, 3.05) is 20.6 Å². The number of rotatable bonds is 5. The van der Waals surface area contributed by atoms with Crippen LogP contribution in [0, 0.1) is 0 Å². The third-order valence-corrected chi connectivity index (χ3v) is 2.41. The Balaban J connectivity index is 4.80. The summed E-state index contributed by atoms with van der Waals surface area (Å²) in [6.45, 7) is 12.0. The first-order valence-electron chi connectivity index (χ1n) is 6.41. The van der Waals surface area contributed by atoms with Crippen molar-refractivity contribution in [3.63, 3.8) is 0 Å². The lowest BCUT2D eigenvalue weighted by atomic mass is 10.2. The van der Waals surface area contributed by atoms with Crippen LogP contribution in [0.5, 0.6) is 0 Å². The maximum atomic E-state index is 4.72. The van der Waals surface area contributed by atoms with Gasteiger partial charge in [0.15, 0.2) is 5.96 Å². The molecule has 3 heteroatoms.